The van der Waals surface area contributed by atoms with Crippen molar-refractivity contribution in [3.05, 3.63) is 34.9 Å². The number of hydrogen-bond acceptors (Lipinski definition) is 2. The van der Waals surface area contributed by atoms with Gasteiger partial charge in [0.15, 0.2) is 0 Å². The number of rotatable bonds is 9. The van der Waals surface area contributed by atoms with E-state index in [2.05, 4.69) is 49.3 Å². The highest BCUT2D eigenvalue weighted by Gasteiger charge is 2.27. The lowest BCUT2D eigenvalue weighted by molar-refractivity contribution is 0.170. The molecule has 0 saturated carbocycles. The standard InChI is InChI=1S/C21H35ClN2/c1-4-7-17(8-5-2)21(18-9-6-10-19(22)15-18)16-24-13-11-20(23-3)12-14-24/h6,9-10,15,17,20-21,23H,4-5,7-8,11-14,16H2,1-3H3. The minimum Gasteiger partial charge on any atom is -0.317 e. The number of nitrogens with one attached hydrogen (secondary N) is 1. The predicted molar refractivity (Wildman–Crippen MR) is 106 cm³/mol. The van der Waals surface area contributed by atoms with Crippen LogP contribution in [0.15, 0.2) is 24.3 Å². The topological polar surface area (TPSA) is 15.3 Å². The molecule has 0 aliphatic carbocycles. The van der Waals surface area contributed by atoms with E-state index in [0.29, 0.717) is 12.0 Å². The summed E-state index contributed by atoms with van der Waals surface area (Å²) in [4.78, 5) is 2.68. The lowest BCUT2D eigenvalue weighted by Gasteiger charge is -2.37. The third-order valence-corrected chi connectivity index (χ3v) is 5.85. The molecule has 0 bridgehead atoms. The summed E-state index contributed by atoms with van der Waals surface area (Å²) in [6.45, 7) is 8.24. The first-order valence-corrected chi connectivity index (χ1v) is 10.2. The summed E-state index contributed by atoms with van der Waals surface area (Å²) >= 11 is 6.31. The highest BCUT2D eigenvalue weighted by Crippen LogP contribution is 2.34. The zero-order valence-corrected chi connectivity index (χ0v) is 16.5. The molecule has 136 valence electrons. The summed E-state index contributed by atoms with van der Waals surface area (Å²) < 4.78 is 0. The Bertz CT molecular complexity index is 463. The Morgan fingerprint density at radius 3 is 2.38 bits per heavy atom. The van der Waals surface area contributed by atoms with Crippen LogP contribution in [0.5, 0.6) is 0 Å². The van der Waals surface area contributed by atoms with Crippen LogP contribution < -0.4 is 5.32 Å². The van der Waals surface area contributed by atoms with Crippen molar-refractivity contribution in [2.45, 2.75) is 64.3 Å². The van der Waals surface area contributed by atoms with Gasteiger partial charge in [0.1, 0.15) is 0 Å². The van der Waals surface area contributed by atoms with Crippen LogP contribution in [-0.4, -0.2) is 37.6 Å². The van der Waals surface area contributed by atoms with Gasteiger partial charge in [-0.3, -0.25) is 0 Å². The smallest absolute Gasteiger partial charge is 0.0408 e. The summed E-state index contributed by atoms with van der Waals surface area (Å²) in [5.74, 6) is 1.37. The molecule has 0 radical (unpaired) electrons. The fourth-order valence-corrected chi connectivity index (χ4v) is 4.43. The van der Waals surface area contributed by atoms with Crippen LogP contribution in [0.3, 0.4) is 0 Å². The quantitative estimate of drug-likeness (QED) is 0.648. The van der Waals surface area contributed by atoms with E-state index in [9.17, 15) is 0 Å². The van der Waals surface area contributed by atoms with E-state index in [-0.39, 0.29) is 0 Å². The van der Waals surface area contributed by atoms with Crippen molar-refractivity contribution in [1.29, 1.82) is 0 Å². The van der Waals surface area contributed by atoms with Crippen molar-refractivity contribution >= 4 is 11.6 Å². The average Bonchev–Trinajstić information content (AvgIpc) is 2.60. The van der Waals surface area contributed by atoms with Crippen molar-refractivity contribution in [2.75, 3.05) is 26.7 Å². The van der Waals surface area contributed by atoms with Gasteiger partial charge < -0.3 is 10.2 Å². The summed E-state index contributed by atoms with van der Waals surface area (Å²) in [6.07, 6.45) is 7.71. The molecular weight excluding hydrogens is 316 g/mol. The molecule has 1 atom stereocenters. The third kappa shape index (κ3) is 5.75. The van der Waals surface area contributed by atoms with Crippen molar-refractivity contribution in [2.24, 2.45) is 5.92 Å². The molecule has 1 aromatic carbocycles. The molecule has 0 amide bonds. The number of halogens is 1. The van der Waals surface area contributed by atoms with E-state index in [4.69, 9.17) is 11.6 Å². The van der Waals surface area contributed by atoms with E-state index in [1.165, 1.54) is 63.7 Å². The molecule has 3 heteroatoms. The fourth-order valence-electron chi connectivity index (χ4n) is 4.23. The normalized spacial score (nSPS) is 18.2. The molecule has 2 rings (SSSR count). The van der Waals surface area contributed by atoms with Gasteiger partial charge in [0.25, 0.3) is 0 Å². The lowest BCUT2D eigenvalue weighted by atomic mass is 9.80. The molecule has 1 aliphatic rings. The Labute approximate surface area is 154 Å². The Morgan fingerprint density at radius 1 is 1.17 bits per heavy atom. The second-order valence-corrected chi connectivity index (χ2v) is 7.80. The monoisotopic (exact) mass is 350 g/mol. The maximum atomic E-state index is 6.31. The maximum Gasteiger partial charge on any atom is 0.0408 e. The first-order chi connectivity index (χ1) is 11.7. The van der Waals surface area contributed by atoms with Crippen LogP contribution in [0.1, 0.15) is 63.9 Å². The number of likely N-dealkylation sites (tertiary alicyclic amines) is 1. The average molecular weight is 351 g/mol. The van der Waals surface area contributed by atoms with E-state index >= 15 is 0 Å². The first-order valence-electron chi connectivity index (χ1n) is 9.83. The highest BCUT2D eigenvalue weighted by atomic mass is 35.5. The van der Waals surface area contributed by atoms with Gasteiger partial charge in [-0.15, -0.1) is 0 Å². The predicted octanol–water partition coefficient (Wildman–Crippen LogP) is 5.32. The van der Waals surface area contributed by atoms with Crippen LogP contribution in [0.4, 0.5) is 0 Å². The second-order valence-electron chi connectivity index (χ2n) is 7.36. The third-order valence-electron chi connectivity index (χ3n) is 5.62. The van der Waals surface area contributed by atoms with Crippen LogP contribution in [-0.2, 0) is 0 Å². The molecule has 1 aliphatic heterocycles. The zero-order valence-electron chi connectivity index (χ0n) is 15.7. The summed E-state index contributed by atoms with van der Waals surface area (Å²) in [6, 6.07) is 9.30. The largest absolute Gasteiger partial charge is 0.317 e. The summed E-state index contributed by atoms with van der Waals surface area (Å²) in [5, 5.41) is 4.31. The van der Waals surface area contributed by atoms with Crippen molar-refractivity contribution in [3.8, 4) is 0 Å². The van der Waals surface area contributed by atoms with Gasteiger partial charge in [-0.2, -0.15) is 0 Å². The minimum atomic E-state index is 0.606. The zero-order chi connectivity index (χ0) is 17.4. The Morgan fingerprint density at radius 2 is 1.83 bits per heavy atom. The number of nitrogens with zero attached hydrogens (tertiary/aromatic N) is 1. The van der Waals surface area contributed by atoms with Gasteiger partial charge in [0.2, 0.25) is 0 Å². The molecule has 24 heavy (non-hydrogen) atoms. The van der Waals surface area contributed by atoms with Gasteiger partial charge in [-0.05, 0) is 62.5 Å². The van der Waals surface area contributed by atoms with Crippen LogP contribution in [0.25, 0.3) is 0 Å². The van der Waals surface area contributed by atoms with Crippen LogP contribution >= 0.6 is 11.6 Å². The van der Waals surface area contributed by atoms with Crippen molar-refractivity contribution in [3.63, 3.8) is 0 Å². The van der Waals surface area contributed by atoms with Gasteiger partial charge in [0.05, 0.1) is 0 Å². The molecule has 0 spiro atoms. The van der Waals surface area contributed by atoms with E-state index in [0.717, 1.165) is 10.9 Å². The van der Waals surface area contributed by atoms with Crippen molar-refractivity contribution < 1.29 is 0 Å². The van der Waals surface area contributed by atoms with E-state index < -0.39 is 0 Å². The maximum absolute atomic E-state index is 6.31. The molecule has 1 heterocycles. The number of benzene rings is 1. The Kier molecular flexibility index (Phi) is 8.58. The molecule has 0 aromatic heterocycles. The van der Waals surface area contributed by atoms with E-state index in [1.807, 2.05) is 6.07 Å². The summed E-state index contributed by atoms with van der Waals surface area (Å²) in [5.41, 5.74) is 1.44. The molecule has 1 fully saturated rings. The van der Waals surface area contributed by atoms with Crippen molar-refractivity contribution in [1.82, 2.24) is 10.2 Å². The SMILES string of the molecule is CCCC(CCC)C(CN1CCC(NC)CC1)c1cccc(Cl)c1. The lowest BCUT2D eigenvalue weighted by Crippen LogP contribution is -2.43. The Hall–Kier alpha value is -0.570. The van der Waals surface area contributed by atoms with E-state index in [1.54, 1.807) is 0 Å². The molecule has 1 saturated heterocycles. The van der Waals surface area contributed by atoms with Crippen LogP contribution in [0.2, 0.25) is 5.02 Å². The fraction of sp³-hybridized carbons (Fsp3) is 0.714. The number of hydrogen-bond donors (Lipinski definition) is 1. The molecular formula is C21H35ClN2. The first kappa shape index (κ1) is 19.8. The molecule has 1 aromatic rings. The molecule has 1 N–H and O–H groups in total. The summed E-state index contributed by atoms with van der Waals surface area (Å²) in [7, 11) is 2.09. The van der Waals surface area contributed by atoms with Crippen LogP contribution in [0, 0.1) is 5.92 Å². The molecule has 2 nitrogen and oxygen atoms in total. The minimum absolute atomic E-state index is 0.606. The number of piperidine rings is 1. The highest BCUT2D eigenvalue weighted by molar-refractivity contribution is 6.30. The molecule has 1 unspecified atom stereocenters. The van der Waals surface area contributed by atoms with Gasteiger partial charge in [-0.1, -0.05) is 63.3 Å². The Balaban J connectivity index is 2.12. The van der Waals surface area contributed by atoms with Gasteiger partial charge in [-0.25, -0.2) is 0 Å². The van der Waals surface area contributed by atoms with Gasteiger partial charge in [0, 0.05) is 17.6 Å². The van der Waals surface area contributed by atoms with Gasteiger partial charge >= 0.3 is 0 Å². The second kappa shape index (κ2) is 10.4.